The first-order valence-electron chi connectivity index (χ1n) is 7.62. The lowest BCUT2D eigenvalue weighted by molar-refractivity contribution is -0.123. The predicted octanol–water partition coefficient (Wildman–Crippen LogP) is 4.12. The van der Waals surface area contributed by atoms with E-state index >= 15 is 0 Å². The smallest absolute Gasteiger partial charge is 0.140 e. The highest BCUT2D eigenvalue weighted by molar-refractivity contribution is 6.84. The molecule has 0 heterocycles. The molecule has 0 radical (unpaired) electrons. The van der Waals surface area contributed by atoms with Crippen molar-refractivity contribution in [1.82, 2.24) is 0 Å². The fourth-order valence-electron chi connectivity index (χ4n) is 2.30. The lowest BCUT2D eigenvalue weighted by Gasteiger charge is -2.07. The first-order chi connectivity index (χ1) is 9.08. The van der Waals surface area contributed by atoms with Crippen molar-refractivity contribution >= 4 is 21.9 Å². The Morgan fingerprint density at radius 1 is 0.850 bits per heavy atom. The lowest BCUT2D eigenvalue weighted by Crippen LogP contribution is -2.18. The molecule has 0 aromatic rings. The summed E-state index contributed by atoms with van der Waals surface area (Å²) in [5.74, 6) is 7.29. The van der Waals surface area contributed by atoms with E-state index in [1.807, 2.05) is 0 Å². The number of rotatable bonds is 2. The molecule has 1 aliphatic rings. The maximum Gasteiger partial charge on any atom is 0.140 e. The molecule has 1 fully saturated rings. The normalized spacial score (nSPS) is 22.8. The van der Waals surface area contributed by atoms with Crippen LogP contribution in [0.1, 0.15) is 25.7 Å². The first-order valence-corrected chi connectivity index (χ1v) is 14.6. The van der Waals surface area contributed by atoms with Crippen LogP contribution in [-0.2, 0) is 4.79 Å². The Hall–Kier alpha value is -0.776. The van der Waals surface area contributed by atoms with Crippen molar-refractivity contribution in [2.24, 2.45) is 11.8 Å². The highest BCUT2D eigenvalue weighted by Gasteiger charge is 2.32. The van der Waals surface area contributed by atoms with Gasteiger partial charge in [-0.05, 0) is 12.8 Å². The Balaban J connectivity index is 2.51. The number of ketones is 1. The van der Waals surface area contributed by atoms with E-state index in [2.05, 4.69) is 62.2 Å². The summed E-state index contributed by atoms with van der Waals surface area (Å²) in [6.45, 7) is 13.4. The van der Waals surface area contributed by atoms with Crippen LogP contribution in [0.2, 0.25) is 39.3 Å². The van der Waals surface area contributed by atoms with Gasteiger partial charge in [0.15, 0.2) is 0 Å². The SMILES string of the molecule is C[Si](C)(C)C#CCC1CCC(CC#C[Si](C)(C)C)C1=O. The van der Waals surface area contributed by atoms with Crippen LogP contribution in [0.5, 0.6) is 0 Å². The summed E-state index contributed by atoms with van der Waals surface area (Å²) in [5.41, 5.74) is 6.72. The standard InChI is InChI=1S/C17H28OSi2/c1-19(2,3)13-7-9-15-11-12-16(17(15)18)10-8-14-20(4,5)6/h15-16H,9-12H2,1-6H3. The predicted molar refractivity (Wildman–Crippen MR) is 92.7 cm³/mol. The molecule has 1 nitrogen and oxygen atoms in total. The van der Waals surface area contributed by atoms with Crippen LogP contribution in [0.4, 0.5) is 0 Å². The molecule has 3 heteroatoms. The highest BCUT2D eigenvalue weighted by atomic mass is 28.3. The van der Waals surface area contributed by atoms with E-state index in [0.29, 0.717) is 5.78 Å². The topological polar surface area (TPSA) is 17.1 Å². The van der Waals surface area contributed by atoms with E-state index in [9.17, 15) is 4.79 Å². The van der Waals surface area contributed by atoms with Crippen molar-refractivity contribution < 1.29 is 4.79 Å². The number of carbonyl (C=O) groups is 1. The van der Waals surface area contributed by atoms with Gasteiger partial charge in [0.25, 0.3) is 0 Å². The quantitative estimate of drug-likeness (QED) is 0.554. The van der Waals surface area contributed by atoms with Gasteiger partial charge < -0.3 is 0 Å². The van der Waals surface area contributed by atoms with Gasteiger partial charge in [-0.15, -0.1) is 22.9 Å². The molecule has 0 aliphatic heterocycles. The van der Waals surface area contributed by atoms with Crippen LogP contribution < -0.4 is 0 Å². The van der Waals surface area contributed by atoms with E-state index in [-0.39, 0.29) is 11.8 Å². The maximum absolute atomic E-state index is 12.3. The maximum atomic E-state index is 12.3. The Morgan fingerprint density at radius 2 is 1.20 bits per heavy atom. The Kier molecular flexibility index (Phi) is 5.86. The average molecular weight is 305 g/mol. The van der Waals surface area contributed by atoms with Crippen molar-refractivity contribution in [1.29, 1.82) is 0 Å². The minimum absolute atomic E-state index is 0.178. The number of carbonyl (C=O) groups excluding carboxylic acids is 1. The zero-order valence-corrected chi connectivity index (χ0v) is 15.9. The Morgan fingerprint density at radius 3 is 1.50 bits per heavy atom. The van der Waals surface area contributed by atoms with Crippen LogP contribution in [0.3, 0.4) is 0 Å². The van der Waals surface area contributed by atoms with E-state index < -0.39 is 16.1 Å². The first kappa shape index (κ1) is 17.3. The number of hydrogen-bond donors (Lipinski definition) is 0. The van der Waals surface area contributed by atoms with Gasteiger partial charge in [-0.1, -0.05) is 39.3 Å². The summed E-state index contributed by atoms with van der Waals surface area (Å²) >= 11 is 0. The second-order valence-corrected chi connectivity index (χ2v) is 17.4. The minimum atomic E-state index is -1.30. The molecule has 0 spiro atoms. The molecule has 1 rings (SSSR count). The molecule has 0 amide bonds. The molecular weight excluding hydrogens is 276 g/mol. The van der Waals surface area contributed by atoms with Crippen molar-refractivity contribution in [2.45, 2.75) is 65.0 Å². The zero-order chi connectivity index (χ0) is 15.4. The monoisotopic (exact) mass is 304 g/mol. The number of hydrogen-bond acceptors (Lipinski definition) is 1. The van der Waals surface area contributed by atoms with Crippen LogP contribution in [0, 0.1) is 34.8 Å². The van der Waals surface area contributed by atoms with Crippen molar-refractivity contribution in [3.8, 4) is 22.9 Å². The lowest BCUT2D eigenvalue weighted by atomic mass is 9.98. The molecule has 0 saturated heterocycles. The Bertz CT molecular complexity index is 428. The van der Waals surface area contributed by atoms with Crippen molar-refractivity contribution in [3.63, 3.8) is 0 Å². The fraction of sp³-hybridized carbons (Fsp3) is 0.706. The van der Waals surface area contributed by atoms with Crippen molar-refractivity contribution in [2.75, 3.05) is 0 Å². The molecule has 110 valence electrons. The molecule has 1 aliphatic carbocycles. The molecule has 0 N–H and O–H groups in total. The number of Topliss-reactive ketones (excluding diaryl/α,β-unsaturated/α-hetero) is 1. The molecule has 20 heavy (non-hydrogen) atoms. The summed E-state index contributed by atoms with van der Waals surface area (Å²) in [7, 11) is -2.60. The van der Waals surface area contributed by atoms with Crippen LogP contribution >= 0.6 is 0 Å². The van der Waals surface area contributed by atoms with Crippen LogP contribution in [0.25, 0.3) is 0 Å². The third-order valence-electron chi connectivity index (χ3n) is 3.29. The third kappa shape index (κ3) is 6.59. The summed E-state index contributed by atoms with van der Waals surface area (Å²) in [6, 6.07) is 0. The van der Waals surface area contributed by atoms with E-state index in [4.69, 9.17) is 0 Å². The van der Waals surface area contributed by atoms with E-state index in [1.165, 1.54) is 0 Å². The van der Waals surface area contributed by atoms with Gasteiger partial charge in [0.1, 0.15) is 21.9 Å². The molecule has 0 aromatic heterocycles. The fourth-order valence-corrected chi connectivity index (χ4v) is 3.57. The second-order valence-electron chi connectivity index (χ2n) is 7.89. The molecule has 2 atom stereocenters. The molecule has 0 aromatic carbocycles. The van der Waals surface area contributed by atoms with E-state index in [1.54, 1.807) is 0 Å². The molecular formula is C17H28OSi2. The van der Waals surface area contributed by atoms with Gasteiger partial charge in [-0.2, -0.15) is 0 Å². The van der Waals surface area contributed by atoms with Gasteiger partial charge in [0.05, 0.1) is 0 Å². The summed E-state index contributed by atoms with van der Waals surface area (Å²) in [4.78, 5) is 12.3. The zero-order valence-electron chi connectivity index (χ0n) is 13.9. The largest absolute Gasteiger partial charge is 0.299 e. The minimum Gasteiger partial charge on any atom is -0.299 e. The van der Waals surface area contributed by atoms with Gasteiger partial charge in [-0.3, -0.25) is 4.79 Å². The van der Waals surface area contributed by atoms with Gasteiger partial charge in [0, 0.05) is 24.7 Å². The van der Waals surface area contributed by atoms with E-state index in [0.717, 1.165) is 25.7 Å². The van der Waals surface area contributed by atoms with Crippen molar-refractivity contribution in [3.05, 3.63) is 0 Å². The highest BCUT2D eigenvalue weighted by Crippen LogP contribution is 2.31. The molecule has 1 saturated carbocycles. The van der Waals surface area contributed by atoms with Gasteiger partial charge in [-0.25, -0.2) is 0 Å². The average Bonchev–Trinajstić information content (AvgIpc) is 2.58. The third-order valence-corrected chi connectivity index (χ3v) is 5.15. The summed E-state index contributed by atoms with van der Waals surface area (Å²) < 4.78 is 0. The van der Waals surface area contributed by atoms with Gasteiger partial charge in [0.2, 0.25) is 0 Å². The van der Waals surface area contributed by atoms with Gasteiger partial charge >= 0.3 is 0 Å². The molecule has 2 unspecified atom stereocenters. The van der Waals surface area contributed by atoms with Crippen LogP contribution in [0.15, 0.2) is 0 Å². The summed E-state index contributed by atoms with van der Waals surface area (Å²) in [5, 5.41) is 0. The Labute approximate surface area is 126 Å². The molecule has 0 bridgehead atoms. The second kappa shape index (κ2) is 6.79. The summed E-state index contributed by atoms with van der Waals surface area (Å²) in [6.07, 6.45) is 3.55. The van der Waals surface area contributed by atoms with Crippen LogP contribution in [-0.4, -0.2) is 21.9 Å².